The first-order valence-electron chi connectivity index (χ1n) is 8.83. The van der Waals surface area contributed by atoms with Gasteiger partial charge >= 0.3 is 0 Å². The molecule has 138 valence electrons. The number of nitrogens with two attached hydrogens (primary N) is 1. The molecule has 0 bridgehead atoms. The van der Waals surface area contributed by atoms with Gasteiger partial charge in [-0.05, 0) is 36.8 Å². The third kappa shape index (κ3) is 4.52. The van der Waals surface area contributed by atoms with Gasteiger partial charge in [0, 0.05) is 31.9 Å². The van der Waals surface area contributed by atoms with E-state index in [9.17, 15) is 9.50 Å². The van der Waals surface area contributed by atoms with Crippen LogP contribution in [0.2, 0.25) is 0 Å². The second-order valence-corrected chi connectivity index (χ2v) is 6.58. The van der Waals surface area contributed by atoms with E-state index in [2.05, 4.69) is 9.89 Å². The fourth-order valence-electron chi connectivity index (χ4n) is 3.02. The molecule has 3 N–H and O–H groups in total. The molecule has 0 saturated carbocycles. The Morgan fingerprint density at radius 3 is 2.31 bits per heavy atom. The molecule has 3 rings (SSSR count). The van der Waals surface area contributed by atoms with Crippen LogP contribution in [0.4, 0.5) is 10.1 Å². The number of guanidine groups is 1. The van der Waals surface area contributed by atoms with Crippen molar-refractivity contribution in [1.82, 2.24) is 4.90 Å². The van der Waals surface area contributed by atoms with Gasteiger partial charge in [0.25, 0.3) is 0 Å². The molecular weight excluding hydrogens is 331 g/mol. The molecule has 1 heterocycles. The van der Waals surface area contributed by atoms with Crippen molar-refractivity contribution in [3.8, 4) is 0 Å². The summed E-state index contributed by atoms with van der Waals surface area (Å²) in [4.78, 5) is 8.57. The molecular formula is C20H25FN4O. The lowest BCUT2D eigenvalue weighted by Crippen LogP contribution is -2.51. The Kier molecular flexibility index (Phi) is 5.73. The lowest BCUT2D eigenvalue weighted by Gasteiger charge is -2.36. The molecule has 0 spiro atoms. The van der Waals surface area contributed by atoms with Crippen LogP contribution < -0.4 is 10.6 Å². The summed E-state index contributed by atoms with van der Waals surface area (Å²) >= 11 is 0. The Bertz CT molecular complexity index is 737. The van der Waals surface area contributed by atoms with Crippen molar-refractivity contribution in [1.29, 1.82) is 0 Å². The molecule has 1 aliphatic rings. The van der Waals surface area contributed by atoms with Gasteiger partial charge in [0.15, 0.2) is 5.96 Å². The van der Waals surface area contributed by atoms with Gasteiger partial charge in [0.2, 0.25) is 0 Å². The minimum atomic E-state index is -0.658. The largest absolute Gasteiger partial charge is 0.386 e. The SMILES string of the molecule is Cc1ccc(C(O)CN=C(N)N2CCN(c3ccc(F)cc3)CC2)cc1. The molecule has 1 fully saturated rings. The molecule has 1 unspecified atom stereocenters. The average Bonchev–Trinajstić information content (AvgIpc) is 2.67. The summed E-state index contributed by atoms with van der Waals surface area (Å²) < 4.78 is 13.0. The lowest BCUT2D eigenvalue weighted by molar-refractivity contribution is 0.186. The standard InChI is InChI=1S/C20H25FN4O/c1-15-2-4-16(5-3-15)19(26)14-23-20(22)25-12-10-24(11-13-25)18-8-6-17(21)7-9-18/h2-9,19,26H,10-14H2,1H3,(H2,22,23). The van der Waals surface area contributed by atoms with Crippen LogP contribution in [0.5, 0.6) is 0 Å². The number of halogens is 1. The third-order valence-electron chi connectivity index (χ3n) is 4.68. The summed E-state index contributed by atoms with van der Waals surface area (Å²) in [5, 5.41) is 10.3. The van der Waals surface area contributed by atoms with Crippen LogP contribution in [0.3, 0.4) is 0 Å². The van der Waals surface area contributed by atoms with E-state index >= 15 is 0 Å². The van der Waals surface area contributed by atoms with Crippen molar-refractivity contribution in [2.24, 2.45) is 10.7 Å². The van der Waals surface area contributed by atoms with Crippen LogP contribution in [-0.2, 0) is 0 Å². The van der Waals surface area contributed by atoms with Crippen LogP contribution in [0, 0.1) is 12.7 Å². The van der Waals surface area contributed by atoms with Gasteiger partial charge in [-0.2, -0.15) is 0 Å². The van der Waals surface area contributed by atoms with Crippen LogP contribution in [-0.4, -0.2) is 48.7 Å². The van der Waals surface area contributed by atoms with Crippen molar-refractivity contribution >= 4 is 11.6 Å². The maximum atomic E-state index is 13.0. The monoisotopic (exact) mass is 356 g/mol. The van der Waals surface area contributed by atoms with Crippen molar-refractivity contribution in [3.63, 3.8) is 0 Å². The van der Waals surface area contributed by atoms with Crippen LogP contribution in [0.25, 0.3) is 0 Å². The maximum absolute atomic E-state index is 13.0. The average molecular weight is 356 g/mol. The highest BCUT2D eigenvalue weighted by atomic mass is 19.1. The fraction of sp³-hybridized carbons (Fsp3) is 0.350. The highest BCUT2D eigenvalue weighted by molar-refractivity contribution is 5.78. The minimum Gasteiger partial charge on any atom is -0.386 e. The molecule has 1 atom stereocenters. The van der Waals surface area contributed by atoms with Gasteiger partial charge in [-0.15, -0.1) is 0 Å². The Morgan fingerprint density at radius 1 is 1.08 bits per heavy atom. The number of rotatable bonds is 4. The Balaban J connectivity index is 1.52. The number of benzene rings is 2. The summed E-state index contributed by atoms with van der Waals surface area (Å²) in [6.07, 6.45) is -0.658. The highest BCUT2D eigenvalue weighted by Crippen LogP contribution is 2.17. The number of piperazine rings is 1. The van der Waals surface area contributed by atoms with Crippen LogP contribution >= 0.6 is 0 Å². The quantitative estimate of drug-likeness (QED) is 0.652. The summed E-state index contributed by atoms with van der Waals surface area (Å²) in [5.41, 5.74) is 9.11. The number of aliphatic hydroxyl groups is 1. The maximum Gasteiger partial charge on any atom is 0.191 e. The van der Waals surface area contributed by atoms with E-state index < -0.39 is 6.10 Å². The summed E-state index contributed by atoms with van der Waals surface area (Å²) in [5.74, 6) is 0.228. The molecule has 1 aliphatic heterocycles. The van der Waals surface area contributed by atoms with Crippen molar-refractivity contribution in [2.75, 3.05) is 37.6 Å². The molecule has 2 aromatic carbocycles. The molecule has 0 aliphatic carbocycles. The Hall–Kier alpha value is -2.60. The van der Waals surface area contributed by atoms with E-state index in [1.165, 1.54) is 12.1 Å². The number of aliphatic hydroxyl groups excluding tert-OH is 1. The van der Waals surface area contributed by atoms with Crippen LogP contribution in [0.1, 0.15) is 17.2 Å². The van der Waals surface area contributed by atoms with E-state index in [4.69, 9.17) is 5.73 Å². The molecule has 0 amide bonds. The second kappa shape index (κ2) is 8.19. The molecule has 0 radical (unpaired) electrons. The molecule has 2 aromatic rings. The van der Waals surface area contributed by atoms with Crippen molar-refractivity contribution in [3.05, 3.63) is 65.5 Å². The van der Waals surface area contributed by atoms with E-state index in [1.54, 1.807) is 12.1 Å². The smallest absolute Gasteiger partial charge is 0.191 e. The first kappa shape index (κ1) is 18.2. The first-order valence-corrected chi connectivity index (χ1v) is 8.83. The number of aliphatic imine (C=N–C) groups is 1. The Labute approximate surface area is 153 Å². The molecule has 5 nitrogen and oxygen atoms in total. The van der Waals surface area contributed by atoms with E-state index in [0.29, 0.717) is 5.96 Å². The van der Waals surface area contributed by atoms with Gasteiger partial charge in [-0.1, -0.05) is 29.8 Å². The first-order chi connectivity index (χ1) is 12.5. The second-order valence-electron chi connectivity index (χ2n) is 6.58. The summed E-state index contributed by atoms with van der Waals surface area (Å²) in [6, 6.07) is 14.3. The van der Waals surface area contributed by atoms with Crippen molar-refractivity contribution in [2.45, 2.75) is 13.0 Å². The lowest BCUT2D eigenvalue weighted by atomic mass is 10.1. The molecule has 1 saturated heterocycles. The zero-order valence-electron chi connectivity index (χ0n) is 15.0. The topological polar surface area (TPSA) is 65.1 Å². The zero-order valence-corrected chi connectivity index (χ0v) is 15.0. The van der Waals surface area contributed by atoms with E-state index in [1.807, 2.05) is 36.1 Å². The highest BCUT2D eigenvalue weighted by Gasteiger charge is 2.19. The summed E-state index contributed by atoms with van der Waals surface area (Å²) in [7, 11) is 0. The van der Waals surface area contributed by atoms with Crippen LogP contribution in [0.15, 0.2) is 53.5 Å². The number of anilines is 1. The van der Waals surface area contributed by atoms with Gasteiger partial charge in [0.1, 0.15) is 5.82 Å². The minimum absolute atomic E-state index is 0.226. The molecule has 0 aromatic heterocycles. The molecule has 26 heavy (non-hydrogen) atoms. The third-order valence-corrected chi connectivity index (χ3v) is 4.68. The number of hydrogen-bond acceptors (Lipinski definition) is 3. The zero-order chi connectivity index (χ0) is 18.5. The van der Waals surface area contributed by atoms with Gasteiger partial charge in [-0.25, -0.2) is 4.39 Å². The van der Waals surface area contributed by atoms with Crippen molar-refractivity contribution < 1.29 is 9.50 Å². The summed E-state index contributed by atoms with van der Waals surface area (Å²) in [6.45, 7) is 5.33. The predicted molar refractivity (Wildman–Crippen MR) is 103 cm³/mol. The van der Waals surface area contributed by atoms with Gasteiger partial charge in [0.05, 0.1) is 12.6 Å². The number of aryl methyl sites for hydroxylation is 1. The Morgan fingerprint density at radius 2 is 1.69 bits per heavy atom. The number of nitrogens with zero attached hydrogens (tertiary/aromatic N) is 3. The molecule has 6 heteroatoms. The van der Waals surface area contributed by atoms with E-state index in [-0.39, 0.29) is 12.4 Å². The fourth-order valence-corrected chi connectivity index (χ4v) is 3.02. The van der Waals surface area contributed by atoms with E-state index in [0.717, 1.165) is 43.0 Å². The van der Waals surface area contributed by atoms with Gasteiger partial charge < -0.3 is 20.6 Å². The normalized spacial score (nSPS) is 16.7. The predicted octanol–water partition coefficient (Wildman–Crippen LogP) is 2.30. The number of hydrogen-bond donors (Lipinski definition) is 2. The van der Waals surface area contributed by atoms with Gasteiger partial charge in [-0.3, -0.25) is 4.99 Å².